The Balaban J connectivity index is 1.74. The monoisotopic (exact) mass is 404 g/mol. The Labute approximate surface area is 173 Å². The van der Waals surface area contributed by atoms with E-state index in [4.69, 9.17) is 9.73 Å². The molecule has 2 aromatic rings. The highest BCUT2D eigenvalue weighted by atomic mass is 32.2. The second-order valence-corrected chi connectivity index (χ2v) is 7.35. The van der Waals surface area contributed by atoms with E-state index in [1.54, 1.807) is 18.2 Å². The lowest BCUT2D eigenvalue weighted by Crippen LogP contribution is -2.52. The summed E-state index contributed by atoms with van der Waals surface area (Å²) >= 11 is 1.42. The lowest BCUT2D eigenvalue weighted by molar-refractivity contribution is -0.116. The van der Waals surface area contributed by atoms with E-state index < -0.39 is 6.17 Å². The predicted molar refractivity (Wildman–Crippen MR) is 117 cm³/mol. The predicted octanol–water partition coefficient (Wildman–Crippen LogP) is 2.10. The van der Waals surface area contributed by atoms with Crippen LogP contribution in [0, 0.1) is 0 Å². The lowest BCUT2D eigenvalue weighted by atomic mass is 10.1. The first-order chi connectivity index (χ1) is 14.2. The molecular formula is C22H20N4O2S. The van der Waals surface area contributed by atoms with Gasteiger partial charge < -0.3 is 4.74 Å². The molecule has 146 valence electrons. The highest BCUT2D eigenvalue weighted by Crippen LogP contribution is 2.22. The number of methoxy groups -OCH3 is 1. The molecule has 29 heavy (non-hydrogen) atoms. The van der Waals surface area contributed by atoms with E-state index in [-0.39, 0.29) is 5.91 Å². The maximum Gasteiger partial charge on any atom is 0.276 e. The van der Waals surface area contributed by atoms with E-state index in [0.717, 1.165) is 21.9 Å². The first kappa shape index (κ1) is 19.0. The standard InChI is InChI=1S/C22H20N4O2S/c1-3-14-29-22-24-21(27)20-17-6-4-5-7-18(17)23-19(26(20)25-22)13-10-15-8-11-16(28-2)12-9-15/h3-13,19H,1,14H2,2H3,(H,24,25,27)/b13-10+/t19-/m0/s1. The zero-order valence-electron chi connectivity index (χ0n) is 15.9. The van der Waals surface area contributed by atoms with Crippen LogP contribution >= 0.6 is 11.8 Å². The van der Waals surface area contributed by atoms with Gasteiger partial charge in [0, 0.05) is 11.0 Å². The van der Waals surface area contributed by atoms with Crippen LogP contribution in [0.15, 0.2) is 77.4 Å². The van der Waals surface area contributed by atoms with Crippen molar-refractivity contribution in [3.05, 3.63) is 83.4 Å². The van der Waals surface area contributed by atoms with Crippen molar-refractivity contribution in [1.29, 1.82) is 0 Å². The number of amides is 1. The topological polar surface area (TPSA) is 66.3 Å². The van der Waals surface area contributed by atoms with Crippen molar-refractivity contribution in [2.45, 2.75) is 6.17 Å². The summed E-state index contributed by atoms with van der Waals surface area (Å²) in [6.45, 7) is 3.72. The molecule has 7 heteroatoms. The van der Waals surface area contributed by atoms with Gasteiger partial charge in [-0.1, -0.05) is 54.2 Å². The van der Waals surface area contributed by atoms with Crippen molar-refractivity contribution in [2.24, 2.45) is 10.1 Å². The van der Waals surface area contributed by atoms with Crippen LogP contribution < -0.4 is 20.6 Å². The number of hydrogen-bond donors (Lipinski definition) is 1. The Morgan fingerprint density at radius 2 is 2.03 bits per heavy atom. The van der Waals surface area contributed by atoms with Crippen LogP contribution in [0.3, 0.4) is 0 Å². The molecule has 1 amide bonds. The summed E-state index contributed by atoms with van der Waals surface area (Å²) in [6, 6.07) is 15.4. The number of fused-ring (bicyclic) bond motifs is 2. The molecule has 0 fully saturated rings. The SMILES string of the molecule is C=CCSC1=NN2C(=c3ccccc3=N[C@@H]2/C=C/c2ccc(OC)cc2)C(=O)N1. The number of benzene rings is 2. The smallest absolute Gasteiger partial charge is 0.276 e. The molecule has 4 rings (SSSR count). The number of hydrogen-bond acceptors (Lipinski definition) is 6. The maximum absolute atomic E-state index is 12.9. The largest absolute Gasteiger partial charge is 0.497 e. The molecule has 0 radical (unpaired) electrons. The Bertz CT molecular complexity index is 1120. The molecule has 0 aliphatic carbocycles. The van der Waals surface area contributed by atoms with E-state index in [0.29, 0.717) is 16.6 Å². The molecule has 6 nitrogen and oxygen atoms in total. The van der Waals surface area contributed by atoms with Gasteiger partial charge in [0.15, 0.2) is 11.3 Å². The molecule has 2 heterocycles. The van der Waals surface area contributed by atoms with Crippen molar-refractivity contribution in [3.8, 4) is 5.75 Å². The number of rotatable bonds is 5. The van der Waals surface area contributed by atoms with E-state index in [2.05, 4.69) is 17.0 Å². The van der Waals surface area contributed by atoms with Crippen LogP contribution in [-0.2, 0) is 4.79 Å². The first-order valence-corrected chi connectivity index (χ1v) is 10.1. The second-order valence-electron chi connectivity index (χ2n) is 6.34. The third kappa shape index (κ3) is 3.95. The zero-order valence-corrected chi connectivity index (χ0v) is 16.7. The summed E-state index contributed by atoms with van der Waals surface area (Å²) in [5, 5.41) is 11.3. The van der Waals surface area contributed by atoms with Crippen LogP contribution in [-0.4, -0.2) is 35.1 Å². The van der Waals surface area contributed by atoms with Crippen LogP contribution in [0.4, 0.5) is 0 Å². The first-order valence-electron chi connectivity index (χ1n) is 9.12. The van der Waals surface area contributed by atoms with Gasteiger partial charge in [-0.15, -0.1) is 11.7 Å². The fraction of sp³-hybridized carbons (Fsp3) is 0.136. The number of carbonyl (C=O) groups is 1. The van der Waals surface area contributed by atoms with Crippen molar-refractivity contribution < 1.29 is 9.53 Å². The fourth-order valence-corrected chi connectivity index (χ4v) is 3.68. The highest BCUT2D eigenvalue weighted by Gasteiger charge is 2.32. The van der Waals surface area contributed by atoms with Gasteiger partial charge >= 0.3 is 0 Å². The van der Waals surface area contributed by atoms with Gasteiger partial charge in [-0.2, -0.15) is 0 Å². The minimum atomic E-state index is -0.424. The highest BCUT2D eigenvalue weighted by molar-refractivity contribution is 8.14. The van der Waals surface area contributed by atoms with Gasteiger partial charge in [-0.25, -0.2) is 5.01 Å². The molecule has 0 spiro atoms. The van der Waals surface area contributed by atoms with Crippen molar-refractivity contribution in [2.75, 3.05) is 12.9 Å². The normalized spacial score (nSPS) is 17.8. The molecule has 0 saturated carbocycles. The number of para-hydroxylation sites is 1. The third-order valence-corrected chi connectivity index (χ3v) is 5.32. The quantitative estimate of drug-likeness (QED) is 0.775. The van der Waals surface area contributed by atoms with Crippen LogP contribution in [0.25, 0.3) is 11.8 Å². The molecule has 0 unspecified atom stereocenters. The Morgan fingerprint density at radius 3 is 2.79 bits per heavy atom. The number of hydrazone groups is 1. The fourth-order valence-electron chi connectivity index (χ4n) is 3.09. The van der Waals surface area contributed by atoms with E-state index >= 15 is 0 Å². The van der Waals surface area contributed by atoms with Crippen LogP contribution in [0.5, 0.6) is 5.75 Å². The van der Waals surface area contributed by atoms with Gasteiger partial charge in [0.2, 0.25) is 0 Å². The van der Waals surface area contributed by atoms with Gasteiger partial charge in [-0.3, -0.25) is 15.1 Å². The molecule has 0 bridgehead atoms. The Hall–Kier alpha value is -3.32. The molecule has 0 saturated heterocycles. The van der Waals surface area contributed by atoms with Crippen LogP contribution in [0.2, 0.25) is 0 Å². The second kappa shape index (κ2) is 8.36. The van der Waals surface area contributed by atoms with Gasteiger partial charge in [0.1, 0.15) is 11.4 Å². The third-order valence-electron chi connectivity index (χ3n) is 4.46. The summed E-state index contributed by atoms with van der Waals surface area (Å²) in [5.74, 6) is 1.27. The lowest BCUT2D eigenvalue weighted by Gasteiger charge is -2.32. The average molecular weight is 404 g/mol. The number of ether oxygens (including phenoxy) is 1. The average Bonchev–Trinajstić information content (AvgIpc) is 2.76. The van der Waals surface area contributed by atoms with Crippen LogP contribution in [0.1, 0.15) is 5.56 Å². The van der Waals surface area contributed by atoms with Crippen molar-refractivity contribution >= 4 is 34.6 Å². The maximum atomic E-state index is 12.9. The van der Waals surface area contributed by atoms with Gasteiger partial charge in [0.25, 0.3) is 5.91 Å². The molecular weight excluding hydrogens is 384 g/mol. The molecule has 2 aliphatic rings. The summed E-state index contributed by atoms with van der Waals surface area (Å²) < 4.78 is 5.20. The zero-order chi connectivity index (χ0) is 20.2. The molecule has 2 aliphatic heterocycles. The number of thioether (sulfide) groups is 1. The Kier molecular flexibility index (Phi) is 5.48. The van der Waals surface area contributed by atoms with E-state index in [1.807, 2.05) is 60.7 Å². The number of carbonyl (C=O) groups excluding carboxylic acids is 1. The number of nitrogens with zero attached hydrogens (tertiary/aromatic N) is 3. The van der Waals surface area contributed by atoms with Gasteiger partial charge in [-0.05, 0) is 29.8 Å². The Morgan fingerprint density at radius 1 is 1.24 bits per heavy atom. The van der Waals surface area contributed by atoms with E-state index in [1.165, 1.54) is 11.8 Å². The molecule has 2 aromatic carbocycles. The summed E-state index contributed by atoms with van der Waals surface area (Å²) in [7, 11) is 1.64. The van der Waals surface area contributed by atoms with Gasteiger partial charge in [0.05, 0.1) is 12.5 Å². The number of amidine groups is 1. The molecule has 1 N–H and O–H groups in total. The summed E-state index contributed by atoms with van der Waals surface area (Å²) in [6.07, 6.45) is 5.26. The molecule has 1 atom stereocenters. The van der Waals surface area contributed by atoms with Crippen molar-refractivity contribution in [1.82, 2.24) is 10.3 Å². The minimum Gasteiger partial charge on any atom is -0.497 e. The van der Waals surface area contributed by atoms with E-state index in [9.17, 15) is 4.79 Å². The summed E-state index contributed by atoms with van der Waals surface area (Å²) in [5.41, 5.74) is 1.51. The summed E-state index contributed by atoms with van der Waals surface area (Å²) in [4.78, 5) is 17.7. The molecule has 0 aromatic heterocycles. The number of nitrogens with one attached hydrogen (secondary N) is 1. The van der Waals surface area contributed by atoms with Crippen molar-refractivity contribution in [3.63, 3.8) is 0 Å². The minimum absolute atomic E-state index is 0.184.